The molecule has 1 aromatic carbocycles. The van der Waals surface area contributed by atoms with E-state index < -0.39 is 14.4 Å². The smallest absolute Gasteiger partial charge is 0.311 e. The van der Waals surface area contributed by atoms with Crippen molar-refractivity contribution < 1.29 is 18.0 Å². The minimum Gasteiger partial charge on any atom is -0.311 e. The largest absolute Gasteiger partial charge is 0.319 e. The Balaban J connectivity index is 2.27. The van der Waals surface area contributed by atoms with Crippen molar-refractivity contribution in [1.82, 2.24) is 0 Å². The minimum atomic E-state index is -2.45. The Morgan fingerprint density at radius 2 is 2.33 bits per heavy atom. The summed E-state index contributed by atoms with van der Waals surface area (Å²) in [6.45, 7) is 0.342. The molecule has 0 radical (unpaired) electrons. The van der Waals surface area contributed by atoms with Gasteiger partial charge in [0.05, 0.1) is 12.7 Å². The lowest BCUT2D eigenvalue weighted by atomic mass is 10.1. The summed E-state index contributed by atoms with van der Waals surface area (Å²) in [6.07, 6.45) is 0.0479. The second-order valence-electron chi connectivity index (χ2n) is 3.16. The molecule has 1 aromatic rings. The Morgan fingerprint density at radius 3 is 3.07 bits per heavy atom. The fourth-order valence-corrected chi connectivity index (χ4v) is 2.65. The van der Waals surface area contributed by atoms with E-state index in [0.29, 0.717) is 18.6 Å². The lowest BCUT2D eigenvalue weighted by Gasteiger charge is -2.22. The standard InChI is InChI=1S/C9H9BrFO3P/c10-6-1-2-8(11)7(5-6)9-3-4-13-15(12)14-9/h1-2,5,9,15H,3-4H2/t9-/m0/s1. The molecule has 82 valence electrons. The molecule has 0 bridgehead atoms. The summed E-state index contributed by atoms with van der Waals surface area (Å²) in [5.74, 6) is -0.347. The first-order valence-electron chi connectivity index (χ1n) is 4.45. The molecule has 1 unspecified atom stereocenters. The van der Waals surface area contributed by atoms with Crippen molar-refractivity contribution in [1.29, 1.82) is 0 Å². The molecule has 6 heteroatoms. The van der Waals surface area contributed by atoms with Crippen LogP contribution >= 0.6 is 24.2 Å². The lowest BCUT2D eigenvalue weighted by Crippen LogP contribution is -2.10. The van der Waals surface area contributed by atoms with Crippen LogP contribution in [0.3, 0.4) is 0 Å². The van der Waals surface area contributed by atoms with Crippen molar-refractivity contribution >= 4 is 24.2 Å². The van der Waals surface area contributed by atoms with Gasteiger partial charge in [-0.3, -0.25) is 4.57 Å². The van der Waals surface area contributed by atoms with E-state index in [2.05, 4.69) is 15.9 Å². The fraction of sp³-hybridized carbons (Fsp3) is 0.333. The molecule has 1 aliphatic heterocycles. The summed E-state index contributed by atoms with van der Waals surface area (Å²) in [5, 5.41) is 0. The summed E-state index contributed by atoms with van der Waals surface area (Å²) < 4.78 is 35.1. The van der Waals surface area contributed by atoms with Crippen molar-refractivity contribution in [2.75, 3.05) is 6.61 Å². The first-order valence-corrected chi connectivity index (χ1v) is 6.47. The van der Waals surface area contributed by atoms with Gasteiger partial charge in [0.15, 0.2) is 0 Å². The molecule has 0 aromatic heterocycles. The van der Waals surface area contributed by atoms with Crippen molar-refractivity contribution in [3.8, 4) is 0 Å². The van der Waals surface area contributed by atoms with Crippen LogP contribution in [0.5, 0.6) is 0 Å². The lowest BCUT2D eigenvalue weighted by molar-refractivity contribution is 0.0944. The third kappa shape index (κ3) is 2.67. The van der Waals surface area contributed by atoms with Gasteiger partial charge in [-0.25, -0.2) is 4.39 Å². The number of benzene rings is 1. The summed E-state index contributed by atoms with van der Waals surface area (Å²) in [5.41, 5.74) is 0.422. The van der Waals surface area contributed by atoms with Crippen LogP contribution in [0.2, 0.25) is 0 Å². The molecule has 0 N–H and O–H groups in total. The molecule has 0 amide bonds. The van der Waals surface area contributed by atoms with Crippen LogP contribution in [-0.4, -0.2) is 6.61 Å². The molecule has 2 atom stereocenters. The van der Waals surface area contributed by atoms with E-state index in [4.69, 9.17) is 9.05 Å². The summed E-state index contributed by atoms with van der Waals surface area (Å²) in [6, 6.07) is 4.61. The third-order valence-electron chi connectivity index (χ3n) is 2.14. The molecule has 3 nitrogen and oxygen atoms in total. The predicted molar refractivity (Wildman–Crippen MR) is 57.5 cm³/mol. The highest BCUT2D eigenvalue weighted by Crippen LogP contribution is 2.41. The van der Waals surface area contributed by atoms with Gasteiger partial charge in [-0.2, -0.15) is 0 Å². The summed E-state index contributed by atoms with van der Waals surface area (Å²) >= 11 is 3.25. The maximum absolute atomic E-state index is 13.4. The number of hydrogen-bond acceptors (Lipinski definition) is 3. The highest BCUT2D eigenvalue weighted by molar-refractivity contribution is 9.10. The first-order chi connectivity index (χ1) is 7.16. The third-order valence-corrected chi connectivity index (χ3v) is 3.55. The van der Waals surface area contributed by atoms with Crippen LogP contribution in [0, 0.1) is 5.82 Å². The molecule has 0 saturated carbocycles. The van der Waals surface area contributed by atoms with Crippen molar-refractivity contribution in [2.24, 2.45) is 0 Å². The van der Waals surface area contributed by atoms with Gasteiger partial charge in [-0.1, -0.05) is 15.9 Å². The normalized spacial score (nSPS) is 26.5. The molecule has 15 heavy (non-hydrogen) atoms. The molecule has 1 fully saturated rings. The van der Waals surface area contributed by atoms with E-state index in [1.165, 1.54) is 6.07 Å². The van der Waals surface area contributed by atoms with Gasteiger partial charge in [-0.05, 0) is 18.2 Å². The van der Waals surface area contributed by atoms with E-state index in [-0.39, 0.29) is 5.82 Å². The van der Waals surface area contributed by atoms with Gasteiger partial charge >= 0.3 is 8.25 Å². The van der Waals surface area contributed by atoms with E-state index in [1.807, 2.05) is 0 Å². The monoisotopic (exact) mass is 294 g/mol. The predicted octanol–water partition coefficient (Wildman–Crippen LogP) is 3.46. The van der Waals surface area contributed by atoms with Crippen LogP contribution in [0.4, 0.5) is 4.39 Å². The van der Waals surface area contributed by atoms with E-state index in [1.54, 1.807) is 12.1 Å². The molecular weight excluding hydrogens is 286 g/mol. The van der Waals surface area contributed by atoms with Crippen molar-refractivity contribution in [3.05, 3.63) is 34.1 Å². The van der Waals surface area contributed by atoms with Crippen molar-refractivity contribution in [3.63, 3.8) is 0 Å². The number of rotatable bonds is 1. The van der Waals surface area contributed by atoms with Crippen molar-refractivity contribution in [2.45, 2.75) is 12.5 Å². The summed E-state index contributed by atoms with van der Waals surface area (Å²) in [4.78, 5) is 0. The highest BCUT2D eigenvalue weighted by atomic mass is 79.9. The zero-order chi connectivity index (χ0) is 10.8. The Morgan fingerprint density at radius 1 is 1.53 bits per heavy atom. The molecule has 1 saturated heterocycles. The quantitative estimate of drug-likeness (QED) is 0.744. The van der Waals surface area contributed by atoms with Gasteiger partial charge in [0.25, 0.3) is 0 Å². The molecule has 1 aliphatic rings. The average Bonchev–Trinajstić information content (AvgIpc) is 2.22. The van der Waals surface area contributed by atoms with Gasteiger partial charge in [-0.15, -0.1) is 0 Å². The molecule has 0 aliphatic carbocycles. The molecule has 0 spiro atoms. The maximum atomic E-state index is 13.4. The Hall–Kier alpha value is -0.220. The second-order valence-corrected chi connectivity index (χ2v) is 5.10. The molecule has 1 heterocycles. The topological polar surface area (TPSA) is 35.5 Å². The van der Waals surface area contributed by atoms with E-state index >= 15 is 0 Å². The Kier molecular flexibility index (Phi) is 3.57. The highest BCUT2D eigenvalue weighted by Gasteiger charge is 2.23. The number of hydrogen-bond donors (Lipinski definition) is 0. The number of halogens is 2. The minimum absolute atomic E-state index is 0.342. The average molecular weight is 295 g/mol. The molecular formula is C9H9BrFO3P. The van der Waals surface area contributed by atoms with Crippen LogP contribution in [0.1, 0.15) is 18.1 Å². The Bertz CT molecular complexity index is 399. The zero-order valence-electron chi connectivity index (χ0n) is 7.70. The van der Waals surface area contributed by atoms with Crippen LogP contribution in [0.25, 0.3) is 0 Å². The maximum Gasteiger partial charge on any atom is 0.319 e. The van der Waals surface area contributed by atoms with Crippen LogP contribution in [-0.2, 0) is 13.6 Å². The Labute approximate surface area is 95.7 Å². The van der Waals surface area contributed by atoms with Gasteiger partial charge < -0.3 is 9.05 Å². The van der Waals surface area contributed by atoms with E-state index in [0.717, 1.165) is 4.47 Å². The van der Waals surface area contributed by atoms with Gasteiger partial charge in [0.2, 0.25) is 0 Å². The van der Waals surface area contributed by atoms with Gasteiger partial charge in [0.1, 0.15) is 5.82 Å². The first kappa shape index (κ1) is 11.3. The SMILES string of the molecule is O=[PH]1OCC[C@@H](c2cc(Br)ccc2F)O1. The van der Waals surface area contributed by atoms with Gasteiger partial charge in [0, 0.05) is 16.5 Å². The fourth-order valence-electron chi connectivity index (χ4n) is 1.44. The second kappa shape index (κ2) is 4.74. The molecule has 2 rings (SSSR count). The zero-order valence-corrected chi connectivity index (χ0v) is 10.3. The van der Waals surface area contributed by atoms with E-state index in [9.17, 15) is 8.96 Å². The van der Waals surface area contributed by atoms with Crippen LogP contribution in [0.15, 0.2) is 22.7 Å². The summed E-state index contributed by atoms with van der Waals surface area (Å²) in [7, 11) is -2.45. The van der Waals surface area contributed by atoms with Crippen LogP contribution < -0.4 is 0 Å².